The van der Waals surface area contributed by atoms with Gasteiger partial charge in [-0.1, -0.05) is 0 Å². The van der Waals surface area contributed by atoms with Gasteiger partial charge in [0.2, 0.25) is 11.8 Å². The number of pyridine rings is 1. The van der Waals surface area contributed by atoms with Gasteiger partial charge in [0.15, 0.2) is 11.6 Å². The number of aliphatic hydroxyl groups is 1. The summed E-state index contributed by atoms with van der Waals surface area (Å²) < 4.78 is 6.83. The van der Waals surface area contributed by atoms with Crippen molar-refractivity contribution in [3.8, 4) is 23.0 Å². The minimum absolute atomic E-state index is 0.0408. The number of anilines is 1. The second kappa shape index (κ2) is 6.97. The molecule has 0 unspecified atom stereocenters. The molecule has 8 heteroatoms. The van der Waals surface area contributed by atoms with Gasteiger partial charge in [-0.25, -0.2) is 14.6 Å². The highest BCUT2D eigenvalue weighted by Crippen LogP contribution is 2.42. The quantitative estimate of drug-likeness (QED) is 0.714. The fraction of sp³-hybridized carbons (Fsp3) is 0.333. The van der Waals surface area contributed by atoms with Gasteiger partial charge in [0.25, 0.3) is 0 Å². The second-order valence-electron chi connectivity index (χ2n) is 7.52. The number of hydrogen-bond donors (Lipinski definition) is 1. The number of rotatable bonds is 5. The Labute approximate surface area is 168 Å². The first-order chi connectivity index (χ1) is 13.9. The molecule has 2 aromatic heterocycles. The zero-order valence-electron chi connectivity index (χ0n) is 16.9. The maximum Gasteiger partial charge on any atom is 0.236 e. The van der Waals surface area contributed by atoms with E-state index in [0.29, 0.717) is 23.9 Å². The van der Waals surface area contributed by atoms with Crippen LogP contribution in [0.15, 0.2) is 36.5 Å². The molecule has 3 heterocycles. The van der Waals surface area contributed by atoms with Crippen LogP contribution >= 0.6 is 0 Å². The average molecular weight is 393 g/mol. The Hall–Kier alpha value is -3.26. The number of hydrogen-bond acceptors (Lipinski definition) is 6. The van der Waals surface area contributed by atoms with Crippen LogP contribution in [0.3, 0.4) is 0 Å². The van der Waals surface area contributed by atoms with Crippen molar-refractivity contribution in [1.29, 1.82) is 0 Å². The van der Waals surface area contributed by atoms with Gasteiger partial charge in [-0.2, -0.15) is 5.10 Å². The Morgan fingerprint density at radius 2 is 2.00 bits per heavy atom. The van der Waals surface area contributed by atoms with Gasteiger partial charge in [0, 0.05) is 30.8 Å². The largest absolute Gasteiger partial charge is 0.481 e. The molecule has 1 aliphatic rings. The number of benzene rings is 1. The van der Waals surface area contributed by atoms with Crippen molar-refractivity contribution in [2.45, 2.75) is 25.7 Å². The topological polar surface area (TPSA) is 93.4 Å². The average Bonchev–Trinajstić information content (AvgIpc) is 3.22. The van der Waals surface area contributed by atoms with E-state index in [4.69, 9.17) is 4.74 Å². The maximum absolute atomic E-state index is 12.6. The zero-order valence-corrected chi connectivity index (χ0v) is 16.9. The molecule has 1 amide bonds. The summed E-state index contributed by atoms with van der Waals surface area (Å²) in [6.07, 6.45) is 2.01. The summed E-state index contributed by atoms with van der Waals surface area (Å²) >= 11 is 0. The smallest absolute Gasteiger partial charge is 0.236 e. The lowest BCUT2D eigenvalue weighted by Crippen LogP contribution is -2.33. The highest BCUT2D eigenvalue weighted by molar-refractivity contribution is 6.07. The Morgan fingerprint density at radius 3 is 2.66 bits per heavy atom. The molecule has 0 atom stereocenters. The Bertz CT molecular complexity index is 1070. The van der Waals surface area contributed by atoms with Crippen LogP contribution < -0.4 is 9.64 Å². The normalized spacial score (nSPS) is 14.9. The third kappa shape index (κ3) is 3.05. The molecule has 1 N–H and O–H groups in total. The molecule has 0 spiro atoms. The van der Waals surface area contributed by atoms with Gasteiger partial charge in [0.05, 0.1) is 31.0 Å². The fourth-order valence-corrected chi connectivity index (χ4v) is 3.66. The molecule has 1 aliphatic heterocycles. The summed E-state index contributed by atoms with van der Waals surface area (Å²) in [6, 6.07) is 9.47. The van der Waals surface area contributed by atoms with E-state index in [1.807, 2.05) is 38.1 Å². The Balaban J connectivity index is 1.85. The fourth-order valence-electron chi connectivity index (χ4n) is 3.66. The summed E-state index contributed by atoms with van der Waals surface area (Å²) in [5.74, 6) is 1.73. The van der Waals surface area contributed by atoms with Crippen LogP contribution in [0.2, 0.25) is 0 Å². The SMILES string of the molecule is COc1ccc(-n2nc(CCO)nc2-c2ccc3c(c2)C(C)(C)C(=O)N3C)cn1. The van der Waals surface area contributed by atoms with Crippen LogP contribution in [0.4, 0.5) is 5.69 Å². The molecule has 3 aromatic rings. The van der Waals surface area contributed by atoms with E-state index in [9.17, 15) is 9.90 Å². The van der Waals surface area contributed by atoms with E-state index < -0.39 is 5.41 Å². The lowest BCUT2D eigenvalue weighted by atomic mass is 9.85. The molecule has 0 fully saturated rings. The van der Waals surface area contributed by atoms with Crippen molar-refractivity contribution in [2.24, 2.45) is 0 Å². The van der Waals surface area contributed by atoms with Gasteiger partial charge in [-0.3, -0.25) is 4.79 Å². The van der Waals surface area contributed by atoms with Crippen LogP contribution in [0.1, 0.15) is 25.2 Å². The van der Waals surface area contributed by atoms with Crippen LogP contribution in [-0.2, 0) is 16.6 Å². The first-order valence-electron chi connectivity index (χ1n) is 9.37. The molecule has 0 saturated heterocycles. The molecule has 0 aliphatic carbocycles. The molecular weight excluding hydrogens is 370 g/mol. The predicted octanol–water partition coefficient (Wildman–Crippen LogP) is 2.13. The number of amides is 1. The summed E-state index contributed by atoms with van der Waals surface area (Å²) in [6.45, 7) is 3.81. The van der Waals surface area contributed by atoms with Crippen LogP contribution in [0.25, 0.3) is 17.1 Å². The third-order valence-corrected chi connectivity index (χ3v) is 5.29. The number of aliphatic hydroxyl groups excluding tert-OH is 1. The molecular formula is C21H23N5O3. The molecule has 4 rings (SSSR count). The van der Waals surface area contributed by atoms with Crippen molar-refractivity contribution in [1.82, 2.24) is 19.7 Å². The molecule has 8 nitrogen and oxygen atoms in total. The molecule has 0 saturated carbocycles. The standard InChI is InChI=1S/C21H23N5O3/c1-21(2)15-11-13(5-7-16(15)25(3)20(21)28)19-23-17(9-10-27)24-26(19)14-6-8-18(29-4)22-12-14/h5-8,11-12,27H,9-10H2,1-4H3. The van der Waals surface area contributed by atoms with Crippen LogP contribution in [0, 0.1) is 0 Å². The van der Waals surface area contributed by atoms with Crippen LogP contribution in [-0.4, -0.2) is 51.5 Å². The number of likely N-dealkylation sites (N-methyl/N-ethyl adjacent to an activating group) is 1. The van der Waals surface area contributed by atoms with Crippen molar-refractivity contribution in [3.63, 3.8) is 0 Å². The second-order valence-corrected chi connectivity index (χ2v) is 7.52. The summed E-state index contributed by atoms with van der Waals surface area (Å²) in [5, 5.41) is 13.9. The lowest BCUT2D eigenvalue weighted by Gasteiger charge is -2.16. The van der Waals surface area contributed by atoms with Gasteiger partial charge < -0.3 is 14.7 Å². The minimum atomic E-state index is -0.611. The Morgan fingerprint density at radius 1 is 1.21 bits per heavy atom. The highest BCUT2D eigenvalue weighted by atomic mass is 16.5. The van der Waals surface area contributed by atoms with E-state index in [2.05, 4.69) is 15.1 Å². The van der Waals surface area contributed by atoms with E-state index in [-0.39, 0.29) is 12.5 Å². The van der Waals surface area contributed by atoms with Gasteiger partial charge >= 0.3 is 0 Å². The van der Waals surface area contributed by atoms with E-state index in [1.54, 1.807) is 36.0 Å². The Kier molecular flexibility index (Phi) is 4.58. The van der Waals surface area contributed by atoms with Crippen LogP contribution in [0.5, 0.6) is 5.88 Å². The lowest BCUT2D eigenvalue weighted by molar-refractivity contribution is -0.121. The van der Waals surface area contributed by atoms with Gasteiger partial charge in [-0.05, 0) is 43.7 Å². The number of carbonyl (C=O) groups excluding carboxylic acids is 1. The minimum Gasteiger partial charge on any atom is -0.481 e. The third-order valence-electron chi connectivity index (χ3n) is 5.29. The zero-order chi connectivity index (χ0) is 20.8. The summed E-state index contributed by atoms with van der Waals surface area (Å²) in [4.78, 5) is 23.2. The van der Waals surface area contributed by atoms with Gasteiger partial charge in [0.1, 0.15) is 0 Å². The van der Waals surface area contributed by atoms with Crippen molar-refractivity contribution >= 4 is 11.6 Å². The monoisotopic (exact) mass is 393 g/mol. The molecule has 0 radical (unpaired) electrons. The number of ether oxygens (including phenoxy) is 1. The molecule has 150 valence electrons. The maximum atomic E-state index is 12.6. The molecule has 29 heavy (non-hydrogen) atoms. The van der Waals surface area contributed by atoms with E-state index in [0.717, 1.165) is 22.5 Å². The number of nitrogens with zero attached hydrogens (tertiary/aromatic N) is 5. The summed E-state index contributed by atoms with van der Waals surface area (Å²) in [5.41, 5.74) is 2.81. The summed E-state index contributed by atoms with van der Waals surface area (Å²) in [7, 11) is 3.35. The molecule has 0 bridgehead atoms. The van der Waals surface area contributed by atoms with E-state index >= 15 is 0 Å². The number of fused-ring (bicyclic) bond motifs is 1. The molecule has 1 aromatic carbocycles. The van der Waals surface area contributed by atoms with E-state index in [1.165, 1.54) is 0 Å². The van der Waals surface area contributed by atoms with Crippen molar-refractivity contribution in [3.05, 3.63) is 47.9 Å². The highest BCUT2D eigenvalue weighted by Gasteiger charge is 2.42. The van der Waals surface area contributed by atoms with Crippen molar-refractivity contribution < 1.29 is 14.6 Å². The number of carbonyl (C=O) groups is 1. The first kappa shape index (κ1) is 19.1. The predicted molar refractivity (Wildman–Crippen MR) is 108 cm³/mol. The number of methoxy groups -OCH3 is 1. The van der Waals surface area contributed by atoms with Gasteiger partial charge in [-0.15, -0.1) is 0 Å². The van der Waals surface area contributed by atoms with Crippen molar-refractivity contribution in [2.75, 3.05) is 25.7 Å². The first-order valence-corrected chi connectivity index (χ1v) is 9.37. The number of aromatic nitrogens is 4.